The summed E-state index contributed by atoms with van der Waals surface area (Å²) in [5.41, 5.74) is 3.06. The second-order valence-corrected chi connectivity index (χ2v) is 8.39. The van der Waals surface area contributed by atoms with Gasteiger partial charge in [0, 0.05) is 19.2 Å². The van der Waals surface area contributed by atoms with Crippen molar-refractivity contribution in [2.75, 3.05) is 11.9 Å². The average Bonchev–Trinajstić information content (AvgIpc) is 2.89. The van der Waals surface area contributed by atoms with Gasteiger partial charge in [-0.15, -0.1) is 0 Å². The largest absolute Gasteiger partial charge is 0.417 e. The molecule has 1 aliphatic carbocycles. The number of hydrogen-bond acceptors (Lipinski definition) is 4. The highest BCUT2D eigenvalue weighted by atomic mass is 35.5. The van der Waals surface area contributed by atoms with Crippen molar-refractivity contribution in [3.63, 3.8) is 0 Å². The minimum absolute atomic E-state index is 0.00763. The van der Waals surface area contributed by atoms with Gasteiger partial charge >= 0.3 is 6.18 Å². The van der Waals surface area contributed by atoms with Crippen LogP contribution in [-0.2, 0) is 11.0 Å². The van der Waals surface area contributed by atoms with Gasteiger partial charge in [0.25, 0.3) is 0 Å². The minimum Gasteiger partial charge on any atom is -0.392 e. The molecule has 162 valence electrons. The summed E-state index contributed by atoms with van der Waals surface area (Å²) in [6.45, 7) is 6.21. The van der Waals surface area contributed by atoms with Gasteiger partial charge in [0.05, 0.1) is 22.6 Å². The molecule has 0 saturated heterocycles. The number of Topliss-reactive ketones (excluding diaryl/α,β-unsaturated/α-hetero) is 1. The maximum Gasteiger partial charge on any atom is 0.417 e. The van der Waals surface area contributed by atoms with Crippen molar-refractivity contribution in [1.82, 2.24) is 4.98 Å². The Bertz CT molecular complexity index is 939. The van der Waals surface area contributed by atoms with E-state index in [2.05, 4.69) is 10.3 Å². The van der Waals surface area contributed by atoms with Crippen molar-refractivity contribution in [2.24, 2.45) is 5.92 Å². The molecule has 0 aliphatic heterocycles. The Morgan fingerprint density at radius 2 is 1.83 bits per heavy atom. The van der Waals surface area contributed by atoms with Gasteiger partial charge in [0.1, 0.15) is 11.6 Å². The number of nitrogens with one attached hydrogen (secondary N) is 1. The number of ketones is 1. The van der Waals surface area contributed by atoms with Crippen LogP contribution < -0.4 is 5.32 Å². The topological polar surface area (TPSA) is 62.2 Å². The average molecular weight is 441 g/mol. The van der Waals surface area contributed by atoms with E-state index in [1.54, 1.807) is 0 Å². The fourth-order valence-electron chi connectivity index (χ4n) is 4.35. The molecule has 3 atom stereocenters. The van der Waals surface area contributed by atoms with Gasteiger partial charge in [-0.2, -0.15) is 13.2 Å². The van der Waals surface area contributed by atoms with Gasteiger partial charge in [-0.05, 0) is 55.9 Å². The van der Waals surface area contributed by atoms with E-state index in [-0.39, 0.29) is 29.0 Å². The lowest BCUT2D eigenvalue weighted by molar-refractivity contribution is -0.137. The molecule has 0 radical (unpaired) electrons. The van der Waals surface area contributed by atoms with Gasteiger partial charge < -0.3 is 10.4 Å². The predicted octanol–water partition coefficient (Wildman–Crippen LogP) is 5.21. The molecule has 3 unspecified atom stereocenters. The number of halogens is 4. The highest BCUT2D eigenvalue weighted by Gasteiger charge is 2.43. The lowest BCUT2D eigenvalue weighted by Gasteiger charge is -2.22. The van der Waals surface area contributed by atoms with E-state index in [0.29, 0.717) is 13.0 Å². The van der Waals surface area contributed by atoms with Crippen molar-refractivity contribution >= 4 is 23.2 Å². The van der Waals surface area contributed by atoms with E-state index >= 15 is 0 Å². The predicted molar refractivity (Wildman–Crippen MR) is 110 cm³/mol. The number of nitrogens with zero attached hydrogens (tertiary/aromatic N) is 1. The minimum atomic E-state index is -4.51. The summed E-state index contributed by atoms with van der Waals surface area (Å²) >= 11 is 5.90. The van der Waals surface area contributed by atoms with Crippen LogP contribution in [0.1, 0.15) is 46.6 Å². The summed E-state index contributed by atoms with van der Waals surface area (Å²) in [5.74, 6) is -0.648. The first-order chi connectivity index (χ1) is 14.0. The molecule has 2 aromatic rings. The molecule has 30 heavy (non-hydrogen) atoms. The van der Waals surface area contributed by atoms with Gasteiger partial charge in [0.2, 0.25) is 0 Å². The molecule has 1 aromatic carbocycles. The van der Waals surface area contributed by atoms with Crippen LogP contribution in [0.3, 0.4) is 0 Å². The molecule has 1 aliphatic rings. The Morgan fingerprint density at radius 3 is 2.40 bits per heavy atom. The van der Waals surface area contributed by atoms with Gasteiger partial charge in [-0.1, -0.05) is 29.3 Å². The zero-order valence-electron chi connectivity index (χ0n) is 17.0. The lowest BCUT2D eigenvalue weighted by atomic mass is 9.85. The summed E-state index contributed by atoms with van der Waals surface area (Å²) in [5, 5.41) is 13.6. The second-order valence-electron chi connectivity index (χ2n) is 7.98. The number of anilines is 1. The number of rotatable bonds is 5. The number of aryl methyl sites for hydroxylation is 3. The van der Waals surface area contributed by atoms with Crippen molar-refractivity contribution in [3.05, 3.63) is 57.2 Å². The molecule has 0 bridgehead atoms. The van der Waals surface area contributed by atoms with Crippen LogP contribution in [-0.4, -0.2) is 28.5 Å². The third-order valence-electron chi connectivity index (χ3n) is 5.66. The zero-order chi connectivity index (χ0) is 22.2. The monoisotopic (exact) mass is 440 g/mol. The number of carbonyl (C=O) groups is 1. The summed E-state index contributed by atoms with van der Waals surface area (Å²) < 4.78 is 38.1. The Labute approximate surface area is 178 Å². The smallest absolute Gasteiger partial charge is 0.392 e. The molecule has 8 heteroatoms. The van der Waals surface area contributed by atoms with E-state index in [1.807, 2.05) is 32.9 Å². The highest BCUT2D eigenvalue weighted by Crippen LogP contribution is 2.40. The number of carbonyl (C=O) groups excluding carboxylic acids is 1. The van der Waals surface area contributed by atoms with Crippen LogP contribution in [0, 0.1) is 26.7 Å². The number of alkyl halides is 3. The lowest BCUT2D eigenvalue weighted by Crippen LogP contribution is -2.24. The number of aromatic nitrogens is 1. The first-order valence-corrected chi connectivity index (χ1v) is 10.1. The summed E-state index contributed by atoms with van der Waals surface area (Å²) in [6.07, 6.45) is -3.87. The Balaban J connectivity index is 1.66. The SMILES string of the molecule is Cc1cc(C)c(C2C(=O)CC(CCNc3ncc(C(F)(F)F)cc3Cl)C2O)c(C)c1. The molecule has 1 fully saturated rings. The molecule has 1 heterocycles. The molecule has 0 spiro atoms. The number of aliphatic hydroxyl groups excluding tert-OH is 1. The van der Waals surface area contributed by atoms with Crippen LogP contribution in [0.15, 0.2) is 24.4 Å². The molecule has 1 saturated carbocycles. The van der Waals surface area contributed by atoms with Crippen LogP contribution >= 0.6 is 11.6 Å². The second kappa shape index (κ2) is 8.55. The third kappa shape index (κ3) is 4.62. The molecule has 4 nitrogen and oxygen atoms in total. The van der Waals surface area contributed by atoms with Crippen molar-refractivity contribution in [1.29, 1.82) is 0 Å². The van der Waals surface area contributed by atoms with Crippen LogP contribution in [0.4, 0.5) is 19.0 Å². The fourth-order valence-corrected chi connectivity index (χ4v) is 4.59. The van der Waals surface area contributed by atoms with Crippen LogP contribution in [0.25, 0.3) is 0 Å². The molecule has 2 N–H and O–H groups in total. The van der Waals surface area contributed by atoms with E-state index in [1.165, 1.54) is 0 Å². The van der Waals surface area contributed by atoms with Crippen molar-refractivity contribution in [3.8, 4) is 0 Å². The van der Waals surface area contributed by atoms with E-state index in [0.717, 1.165) is 34.5 Å². The Kier molecular flexibility index (Phi) is 6.43. The number of benzene rings is 1. The Hall–Kier alpha value is -2.12. The van der Waals surface area contributed by atoms with Gasteiger partial charge in [-0.25, -0.2) is 4.98 Å². The quantitative estimate of drug-likeness (QED) is 0.669. The molecule has 3 rings (SSSR count). The first-order valence-electron chi connectivity index (χ1n) is 9.74. The normalized spacial score (nSPS) is 21.9. The first kappa shape index (κ1) is 22.6. The van der Waals surface area contributed by atoms with Gasteiger partial charge in [-0.3, -0.25) is 4.79 Å². The molecular formula is C22H24ClF3N2O2. The van der Waals surface area contributed by atoms with E-state index in [4.69, 9.17) is 11.6 Å². The van der Waals surface area contributed by atoms with Crippen molar-refractivity contribution < 1.29 is 23.1 Å². The number of pyridine rings is 1. The standard InChI is InChI=1S/C22H24ClF3N2O2/c1-11-6-12(2)18(13(3)7-11)19-17(29)8-14(20(19)30)4-5-27-21-16(23)9-15(10-28-21)22(24,25)26/h6-7,9-10,14,19-20,30H,4-5,8H2,1-3H3,(H,27,28). The van der Waals surface area contributed by atoms with Gasteiger partial charge in [0.15, 0.2) is 0 Å². The number of hydrogen-bond donors (Lipinski definition) is 2. The zero-order valence-corrected chi connectivity index (χ0v) is 17.7. The van der Waals surface area contributed by atoms with Crippen LogP contribution in [0.5, 0.6) is 0 Å². The summed E-state index contributed by atoms with van der Waals surface area (Å²) in [6, 6.07) is 4.84. The number of aliphatic hydroxyl groups is 1. The maximum atomic E-state index is 12.7. The maximum absolute atomic E-state index is 12.7. The molecule has 0 amide bonds. The van der Waals surface area contributed by atoms with Crippen LogP contribution in [0.2, 0.25) is 5.02 Å². The third-order valence-corrected chi connectivity index (χ3v) is 5.95. The fraction of sp³-hybridized carbons (Fsp3) is 0.455. The molecular weight excluding hydrogens is 417 g/mol. The van der Waals surface area contributed by atoms with Crippen molar-refractivity contribution in [2.45, 2.75) is 51.8 Å². The van der Waals surface area contributed by atoms with E-state index < -0.39 is 23.8 Å². The summed E-state index contributed by atoms with van der Waals surface area (Å²) in [7, 11) is 0. The molecule has 1 aromatic heterocycles. The highest BCUT2D eigenvalue weighted by molar-refractivity contribution is 6.32. The van der Waals surface area contributed by atoms with E-state index in [9.17, 15) is 23.1 Å². The Morgan fingerprint density at radius 1 is 1.20 bits per heavy atom. The summed E-state index contributed by atoms with van der Waals surface area (Å²) in [4.78, 5) is 16.4.